The van der Waals surface area contributed by atoms with Crippen molar-refractivity contribution in [3.63, 3.8) is 0 Å². The van der Waals surface area contributed by atoms with Crippen LogP contribution in [0.25, 0.3) is 11.4 Å². The Bertz CT molecular complexity index is 934. The SMILES string of the molecule is Cc1ccc(COc2ccc(-c3ccn[nH]3)nc2)cc1S(C)(=O)=O. The first-order chi connectivity index (χ1) is 11.4. The van der Waals surface area contributed by atoms with Gasteiger partial charge in [0, 0.05) is 12.5 Å². The van der Waals surface area contributed by atoms with Crippen molar-refractivity contribution >= 4 is 9.84 Å². The number of H-pyrrole nitrogens is 1. The smallest absolute Gasteiger partial charge is 0.175 e. The molecule has 0 aliphatic rings. The van der Waals surface area contributed by atoms with E-state index < -0.39 is 9.84 Å². The highest BCUT2D eigenvalue weighted by Crippen LogP contribution is 2.20. The predicted molar refractivity (Wildman–Crippen MR) is 90.4 cm³/mol. The van der Waals surface area contributed by atoms with Gasteiger partial charge >= 0.3 is 0 Å². The summed E-state index contributed by atoms with van der Waals surface area (Å²) in [5.41, 5.74) is 3.12. The highest BCUT2D eigenvalue weighted by molar-refractivity contribution is 7.90. The standard InChI is InChI=1S/C17H17N3O3S/c1-12-3-4-13(9-17(12)24(2,21)22)11-23-14-5-6-15(18-10-14)16-7-8-19-20-16/h3-10H,11H2,1-2H3,(H,19,20). The zero-order valence-corrected chi connectivity index (χ0v) is 14.2. The Labute approximate surface area is 140 Å². The highest BCUT2D eigenvalue weighted by atomic mass is 32.2. The quantitative estimate of drug-likeness (QED) is 0.770. The van der Waals surface area contributed by atoms with E-state index in [4.69, 9.17) is 4.74 Å². The van der Waals surface area contributed by atoms with Crippen LogP contribution in [-0.2, 0) is 16.4 Å². The van der Waals surface area contributed by atoms with Gasteiger partial charge in [-0.2, -0.15) is 5.10 Å². The third-order valence-corrected chi connectivity index (χ3v) is 4.81. The van der Waals surface area contributed by atoms with E-state index in [2.05, 4.69) is 15.2 Å². The van der Waals surface area contributed by atoms with Crippen molar-refractivity contribution in [2.45, 2.75) is 18.4 Å². The van der Waals surface area contributed by atoms with Crippen LogP contribution in [0.1, 0.15) is 11.1 Å². The van der Waals surface area contributed by atoms with Gasteiger partial charge in [0.05, 0.1) is 22.5 Å². The van der Waals surface area contributed by atoms with Gasteiger partial charge in [0.15, 0.2) is 9.84 Å². The second-order valence-corrected chi connectivity index (χ2v) is 7.49. The van der Waals surface area contributed by atoms with Crippen molar-refractivity contribution in [2.24, 2.45) is 0 Å². The Morgan fingerprint density at radius 2 is 2.00 bits per heavy atom. The van der Waals surface area contributed by atoms with Gasteiger partial charge < -0.3 is 4.74 Å². The van der Waals surface area contributed by atoms with Crippen molar-refractivity contribution in [3.8, 4) is 17.1 Å². The van der Waals surface area contributed by atoms with E-state index in [1.165, 1.54) is 6.26 Å². The fourth-order valence-electron chi connectivity index (χ4n) is 2.32. The van der Waals surface area contributed by atoms with E-state index in [-0.39, 0.29) is 6.61 Å². The van der Waals surface area contributed by atoms with E-state index in [0.717, 1.165) is 22.5 Å². The molecule has 124 valence electrons. The minimum absolute atomic E-state index is 0.272. The van der Waals surface area contributed by atoms with Gasteiger partial charge in [-0.3, -0.25) is 10.1 Å². The number of benzene rings is 1. The van der Waals surface area contributed by atoms with Crippen LogP contribution in [0.5, 0.6) is 5.75 Å². The van der Waals surface area contributed by atoms with Gasteiger partial charge in [-0.15, -0.1) is 0 Å². The molecule has 0 amide bonds. The van der Waals surface area contributed by atoms with Crippen LogP contribution in [-0.4, -0.2) is 29.9 Å². The summed E-state index contributed by atoms with van der Waals surface area (Å²) in [5, 5.41) is 6.73. The molecule has 0 aliphatic carbocycles. The molecule has 0 bridgehead atoms. The fraction of sp³-hybridized carbons (Fsp3) is 0.176. The number of sulfone groups is 1. The largest absolute Gasteiger partial charge is 0.487 e. The Kier molecular flexibility index (Phi) is 4.35. The fourth-order valence-corrected chi connectivity index (χ4v) is 3.34. The number of nitrogens with one attached hydrogen (secondary N) is 1. The molecule has 0 saturated heterocycles. The average Bonchev–Trinajstić information content (AvgIpc) is 3.08. The molecule has 0 unspecified atom stereocenters. The number of ether oxygens (including phenoxy) is 1. The van der Waals surface area contributed by atoms with Crippen molar-refractivity contribution in [1.29, 1.82) is 0 Å². The number of aromatic amines is 1. The Hall–Kier alpha value is -2.67. The summed E-state index contributed by atoms with van der Waals surface area (Å²) < 4.78 is 29.2. The molecule has 6 nitrogen and oxygen atoms in total. The van der Waals surface area contributed by atoms with E-state index in [1.807, 2.05) is 24.3 Å². The lowest BCUT2D eigenvalue weighted by Gasteiger charge is -2.09. The number of aryl methyl sites for hydroxylation is 1. The molecule has 0 atom stereocenters. The molecule has 24 heavy (non-hydrogen) atoms. The first kappa shape index (κ1) is 16.2. The molecule has 1 aromatic carbocycles. The van der Waals surface area contributed by atoms with Crippen LogP contribution < -0.4 is 4.74 Å². The number of nitrogens with zero attached hydrogens (tertiary/aromatic N) is 2. The summed E-state index contributed by atoms with van der Waals surface area (Å²) in [7, 11) is -3.25. The maximum Gasteiger partial charge on any atom is 0.175 e. The predicted octanol–water partition coefficient (Wildman–Crippen LogP) is 2.76. The molecule has 2 aromatic heterocycles. The number of rotatable bonds is 5. The number of aromatic nitrogens is 3. The molecule has 0 fully saturated rings. The molecular formula is C17H17N3O3S. The number of pyridine rings is 1. The maximum absolute atomic E-state index is 11.8. The Morgan fingerprint density at radius 1 is 1.17 bits per heavy atom. The second kappa shape index (κ2) is 6.45. The summed E-state index contributed by atoms with van der Waals surface area (Å²) in [6.07, 6.45) is 4.50. The summed E-state index contributed by atoms with van der Waals surface area (Å²) in [4.78, 5) is 4.64. The van der Waals surface area contributed by atoms with Gasteiger partial charge in [0.2, 0.25) is 0 Å². The zero-order valence-electron chi connectivity index (χ0n) is 13.4. The third-order valence-electron chi connectivity index (χ3n) is 3.57. The Morgan fingerprint density at radius 3 is 2.62 bits per heavy atom. The van der Waals surface area contributed by atoms with E-state index in [9.17, 15) is 8.42 Å². The minimum atomic E-state index is -3.25. The van der Waals surface area contributed by atoms with Crippen LogP contribution in [0.3, 0.4) is 0 Å². The molecule has 3 rings (SSSR count). The first-order valence-corrected chi connectivity index (χ1v) is 9.21. The van der Waals surface area contributed by atoms with Crippen molar-refractivity contribution < 1.29 is 13.2 Å². The normalized spacial score (nSPS) is 11.4. The lowest BCUT2D eigenvalue weighted by atomic mass is 10.1. The van der Waals surface area contributed by atoms with Gasteiger partial charge in [0.25, 0.3) is 0 Å². The monoisotopic (exact) mass is 343 g/mol. The van der Waals surface area contributed by atoms with Gasteiger partial charge in [-0.05, 0) is 42.3 Å². The van der Waals surface area contributed by atoms with Crippen molar-refractivity contribution in [1.82, 2.24) is 15.2 Å². The molecule has 0 aliphatic heterocycles. The summed E-state index contributed by atoms with van der Waals surface area (Å²) in [6.45, 7) is 2.05. The molecule has 1 N–H and O–H groups in total. The van der Waals surface area contributed by atoms with Crippen LogP contribution in [0, 0.1) is 6.92 Å². The molecule has 0 spiro atoms. The number of hydrogen-bond acceptors (Lipinski definition) is 5. The summed E-state index contributed by atoms with van der Waals surface area (Å²) in [5.74, 6) is 0.611. The zero-order chi connectivity index (χ0) is 17.2. The number of hydrogen-bond donors (Lipinski definition) is 1. The van der Waals surface area contributed by atoms with Gasteiger partial charge in [-0.25, -0.2) is 8.42 Å². The van der Waals surface area contributed by atoms with E-state index >= 15 is 0 Å². The highest BCUT2D eigenvalue weighted by Gasteiger charge is 2.11. The van der Waals surface area contributed by atoms with E-state index in [1.54, 1.807) is 31.5 Å². The van der Waals surface area contributed by atoms with Crippen LogP contribution in [0.4, 0.5) is 0 Å². The summed E-state index contributed by atoms with van der Waals surface area (Å²) >= 11 is 0. The molecule has 7 heteroatoms. The van der Waals surface area contributed by atoms with Crippen LogP contribution >= 0.6 is 0 Å². The van der Waals surface area contributed by atoms with Gasteiger partial charge in [0.1, 0.15) is 12.4 Å². The molecule has 3 aromatic rings. The molecule has 0 saturated carbocycles. The summed E-state index contributed by atoms with van der Waals surface area (Å²) in [6, 6.07) is 10.8. The van der Waals surface area contributed by atoms with Crippen molar-refractivity contribution in [3.05, 3.63) is 59.9 Å². The van der Waals surface area contributed by atoms with Crippen LogP contribution in [0.15, 0.2) is 53.7 Å². The first-order valence-electron chi connectivity index (χ1n) is 7.32. The van der Waals surface area contributed by atoms with Crippen molar-refractivity contribution in [2.75, 3.05) is 6.26 Å². The van der Waals surface area contributed by atoms with E-state index in [0.29, 0.717) is 10.6 Å². The third kappa shape index (κ3) is 3.62. The topological polar surface area (TPSA) is 84.9 Å². The average molecular weight is 343 g/mol. The minimum Gasteiger partial charge on any atom is -0.487 e. The van der Waals surface area contributed by atoms with Gasteiger partial charge in [-0.1, -0.05) is 12.1 Å². The Balaban J connectivity index is 1.72. The molecule has 0 radical (unpaired) electrons. The lowest BCUT2D eigenvalue weighted by Crippen LogP contribution is -2.03. The van der Waals surface area contributed by atoms with Crippen LogP contribution in [0.2, 0.25) is 0 Å². The maximum atomic E-state index is 11.8. The molecule has 2 heterocycles. The lowest BCUT2D eigenvalue weighted by molar-refractivity contribution is 0.304. The second-order valence-electron chi connectivity index (χ2n) is 5.51. The molecular weight excluding hydrogens is 326 g/mol.